The van der Waals surface area contributed by atoms with Gasteiger partial charge in [-0.3, -0.25) is 0 Å². The maximum absolute atomic E-state index is 11.6. The van der Waals surface area contributed by atoms with Gasteiger partial charge in [-0.2, -0.15) is 0 Å². The van der Waals surface area contributed by atoms with E-state index < -0.39 is 5.97 Å². The van der Waals surface area contributed by atoms with Gasteiger partial charge in [0.25, 0.3) is 0 Å². The number of anilines is 1. The standard InChI is InChI=1S/C19H24N4O2S/c1-19(2,3)9-8-15-12-16(17(26-15)18(24)25)21-13-4-6-14(7-5-13)23-11-10-20-22-23/h10-14,21H,4-7H2,1-3H3,(H,24,25). The van der Waals surface area contributed by atoms with Gasteiger partial charge < -0.3 is 10.4 Å². The average molecular weight is 372 g/mol. The van der Waals surface area contributed by atoms with E-state index in [0.717, 1.165) is 30.6 Å². The summed E-state index contributed by atoms with van der Waals surface area (Å²) >= 11 is 1.24. The number of carboxylic acids is 1. The average Bonchev–Trinajstić information content (AvgIpc) is 3.23. The van der Waals surface area contributed by atoms with E-state index in [-0.39, 0.29) is 11.5 Å². The first-order valence-electron chi connectivity index (χ1n) is 8.84. The minimum absolute atomic E-state index is 0.110. The monoisotopic (exact) mass is 372 g/mol. The number of hydrogen-bond acceptors (Lipinski definition) is 5. The smallest absolute Gasteiger partial charge is 0.348 e. The summed E-state index contributed by atoms with van der Waals surface area (Å²) in [5, 5.41) is 20.9. The number of thiophene rings is 1. The van der Waals surface area contributed by atoms with Gasteiger partial charge in [0.05, 0.1) is 22.8 Å². The van der Waals surface area contributed by atoms with Crippen LogP contribution in [0.5, 0.6) is 0 Å². The van der Waals surface area contributed by atoms with Crippen LogP contribution in [0.3, 0.4) is 0 Å². The molecule has 0 aliphatic heterocycles. The van der Waals surface area contributed by atoms with Gasteiger partial charge in [-0.25, -0.2) is 9.48 Å². The molecule has 1 saturated carbocycles. The highest BCUT2D eigenvalue weighted by Gasteiger charge is 2.25. The Balaban J connectivity index is 1.68. The molecule has 3 rings (SSSR count). The van der Waals surface area contributed by atoms with Crippen LogP contribution in [-0.2, 0) is 0 Å². The van der Waals surface area contributed by atoms with Gasteiger partial charge in [-0.05, 0) is 52.5 Å². The molecule has 0 radical (unpaired) electrons. The van der Waals surface area contributed by atoms with Crippen LogP contribution in [0.15, 0.2) is 18.5 Å². The normalized spacial score (nSPS) is 20.3. The highest BCUT2D eigenvalue weighted by molar-refractivity contribution is 7.15. The Morgan fingerprint density at radius 1 is 1.35 bits per heavy atom. The first-order valence-corrected chi connectivity index (χ1v) is 9.66. The van der Waals surface area contributed by atoms with E-state index in [1.165, 1.54) is 11.3 Å². The summed E-state index contributed by atoms with van der Waals surface area (Å²) in [4.78, 5) is 12.7. The molecule has 1 fully saturated rings. The molecule has 0 atom stereocenters. The van der Waals surface area contributed by atoms with Crippen LogP contribution < -0.4 is 5.32 Å². The molecule has 0 amide bonds. The third kappa shape index (κ3) is 4.64. The first-order chi connectivity index (χ1) is 12.3. The maximum Gasteiger partial charge on any atom is 0.348 e. The fraction of sp³-hybridized carbons (Fsp3) is 0.526. The van der Waals surface area contributed by atoms with Crippen LogP contribution in [0.25, 0.3) is 0 Å². The highest BCUT2D eigenvalue weighted by Crippen LogP contribution is 2.33. The molecular weight excluding hydrogens is 348 g/mol. The summed E-state index contributed by atoms with van der Waals surface area (Å²) in [7, 11) is 0. The summed E-state index contributed by atoms with van der Waals surface area (Å²) in [5.41, 5.74) is 0.575. The summed E-state index contributed by atoms with van der Waals surface area (Å²) in [6, 6.07) is 2.52. The number of rotatable bonds is 4. The number of nitrogens with one attached hydrogen (secondary N) is 1. The number of nitrogens with zero attached hydrogens (tertiary/aromatic N) is 3. The molecule has 0 bridgehead atoms. The topological polar surface area (TPSA) is 80.0 Å². The first kappa shape index (κ1) is 18.5. The van der Waals surface area contributed by atoms with Crippen molar-refractivity contribution in [3.63, 3.8) is 0 Å². The Labute approximate surface area is 157 Å². The van der Waals surface area contributed by atoms with Crippen LogP contribution in [-0.4, -0.2) is 32.1 Å². The molecule has 2 aromatic rings. The lowest BCUT2D eigenvalue weighted by molar-refractivity contribution is 0.0703. The van der Waals surface area contributed by atoms with Crippen molar-refractivity contribution < 1.29 is 9.90 Å². The van der Waals surface area contributed by atoms with Crippen molar-refractivity contribution in [2.24, 2.45) is 5.41 Å². The number of carboxylic acid groups (broad SMARTS) is 1. The summed E-state index contributed by atoms with van der Waals surface area (Å²) in [5.74, 6) is 5.37. The summed E-state index contributed by atoms with van der Waals surface area (Å²) in [6.45, 7) is 6.12. The van der Waals surface area contributed by atoms with Gasteiger partial charge in [0.2, 0.25) is 0 Å². The van der Waals surface area contributed by atoms with Crippen LogP contribution in [0.4, 0.5) is 5.69 Å². The van der Waals surface area contributed by atoms with Crippen molar-refractivity contribution in [3.8, 4) is 11.8 Å². The molecule has 6 nitrogen and oxygen atoms in total. The van der Waals surface area contributed by atoms with Crippen molar-refractivity contribution >= 4 is 23.0 Å². The second kappa shape index (κ2) is 7.50. The number of hydrogen-bond donors (Lipinski definition) is 2. The summed E-state index contributed by atoms with van der Waals surface area (Å²) in [6.07, 6.45) is 7.56. The fourth-order valence-electron chi connectivity index (χ4n) is 3.08. The molecule has 7 heteroatoms. The van der Waals surface area contributed by atoms with Crippen molar-refractivity contribution in [2.45, 2.75) is 58.5 Å². The number of aromatic nitrogens is 3. The predicted octanol–water partition coefficient (Wildman–Crippen LogP) is 4.03. The second-order valence-corrected chi connectivity index (χ2v) is 8.74. The van der Waals surface area contributed by atoms with E-state index in [1.54, 1.807) is 6.20 Å². The van der Waals surface area contributed by atoms with Gasteiger partial charge >= 0.3 is 5.97 Å². The predicted molar refractivity (Wildman–Crippen MR) is 103 cm³/mol. The van der Waals surface area contributed by atoms with E-state index in [1.807, 2.05) is 37.7 Å². The van der Waals surface area contributed by atoms with E-state index in [9.17, 15) is 9.90 Å². The second-order valence-electron chi connectivity index (χ2n) is 7.69. The Morgan fingerprint density at radius 2 is 2.08 bits per heavy atom. The van der Waals surface area contributed by atoms with Crippen LogP contribution >= 0.6 is 11.3 Å². The molecule has 0 saturated heterocycles. The van der Waals surface area contributed by atoms with Gasteiger partial charge in [0, 0.05) is 17.7 Å². The molecule has 0 unspecified atom stereocenters. The van der Waals surface area contributed by atoms with E-state index in [4.69, 9.17) is 0 Å². The number of aromatic carboxylic acids is 1. The van der Waals surface area contributed by atoms with Crippen LogP contribution in [0.2, 0.25) is 0 Å². The van der Waals surface area contributed by atoms with E-state index in [0.29, 0.717) is 16.6 Å². The Hall–Kier alpha value is -2.33. The quantitative estimate of drug-likeness (QED) is 0.792. The van der Waals surface area contributed by atoms with Crippen molar-refractivity contribution in [3.05, 3.63) is 28.2 Å². The molecule has 0 spiro atoms. The molecule has 2 N–H and O–H groups in total. The highest BCUT2D eigenvalue weighted by atomic mass is 32.1. The molecular formula is C19H24N4O2S. The molecule has 2 heterocycles. The van der Waals surface area contributed by atoms with Crippen molar-refractivity contribution in [2.75, 3.05) is 5.32 Å². The largest absolute Gasteiger partial charge is 0.477 e. The zero-order chi connectivity index (χ0) is 18.7. The van der Waals surface area contributed by atoms with Gasteiger partial charge in [-0.15, -0.1) is 16.4 Å². The van der Waals surface area contributed by atoms with Gasteiger partial charge in [0.1, 0.15) is 4.88 Å². The number of carbonyl (C=O) groups is 1. The SMILES string of the molecule is CC(C)(C)C#Cc1cc(NC2CCC(n3ccnn3)CC2)c(C(=O)O)s1. The Kier molecular flexibility index (Phi) is 5.33. The molecule has 26 heavy (non-hydrogen) atoms. The lowest BCUT2D eigenvalue weighted by atomic mass is 9.91. The van der Waals surface area contributed by atoms with E-state index in [2.05, 4.69) is 27.5 Å². The van der Waals surface area contributed by atoms with Crippen molar-refractivity contribution in [1.29, 1.82) is 0 Å². The lowest BCUT2D eigenvalue weighted by Crippen LogP contribution is -2.28. The Morgan fingerprint density at radius 3 is 2.65 bits per heavy atom. The van der Waals surface area contributed by atoms with Crippen LogP contribution in [0, 0.1) is 17.3 Å². The molecule has 2 aromatic heterocycles. The minimum Gasteiger partial charge on any atom is -0.477 e. The van der Waals surface area contributed by atoms with Gasteiger partial charge in [-0.1, -0.05) is 17.1 Å². The van der Waals surface area contributed by atoms with Crippen LogP contribution in [0.1, 0.15) is 67.0 Å². The van der Waals surface area contributed by atoms with Gasteiger partial charge in [0.15, 0.2) is 0 Å². The zero-order valence-electron chi connectivity index (χ0n) is 15.3. The molecule has 1 aliphatic rings. The molecule has 0 aromatic carbocycles. The lowest BCUT2D eigenvalue weighted by Gasteiger charge is -2.29. The molecule has 1 aliphatic carbocycles. The summed E-state index contributed by atoms with van der Waals surface area (Å²) < 4.78 is 1.92. The third-order valence-electron chi connectivity index (χ3n) is 4.36. The maximum atomic E-state index is 11.6. The zero-order valence-corrected chi connectivity index (χ0v) is 16.1. The van der Waals surface area contributed by atoms with Crippen molar-refractivity contribution in [1.82, 2.24) is 15.0 Å². The third-order valence-corrected chi connectivity index (χ3v) is 5.40. The Bertz CT molecular complexity index is 816. The fourth-order valence-corrected chi connectivity index (χ4v) is 3.90. The van der Waals surface area contributed by atoms with E-state index >= 15 is 0 Å². The molecule has 138 valence electrons. The minimum atomic E-state index is -0.905.